The predicted octanol–water partition coefficient (Wildman–Crippen LogP) is 6.35. The van der Waals surface area contributed by atoms with Gasteiger partial charge >= 0.3 is 11.5 Å². The third-order valence-electron chi connectivity index (χ3n) is 11.3. The minimum absolute atomic E-state index is 0.0972. The van der Waals surface area contributed by atoms with Crippen LogP contribution in [-0.2, 0) is 40.2 Å². The molecule has 2 radical (unpaired) electrons. The Balaban J connectivity index is 1.03. The summed E-state index contributed by atoms with van der Waals surface area (Å²) < 4.78 is 107. The van der Waals surface area contributed by atoms with Crippen molar-refractivity contribution >= 4 is 51.9 Å². The van der Waals surface area contributed by atoms with Crippen molar-refractivity contribution < 1.29 is 64.0 Å². The molecular weight excluding hydrogens is 799 g/mol. The van der Waals surface area contributed by atoms with Gasteiger partial charge < -0.3 is 34.3 Å². The zero-order valence-electron chi connectivity index (χ0n) is 31.8. The number of rotatable bonds is 11. The summed E-state index contributed by atoms with van der Waals surface area (Å²) in [5, 5.41) is 7.11. The minimum atomic E-state index is -5.72. The zero-order valence-corrected chi connectivity index (χ0v) is 32.7. The van der Waals surface area contributed by atoms with E-state index in [1.165, 1.54) is 13.2 Å². The van der Waals surface area contributed by atoms with Crippen molar-refractivity contribution in [2.75, 3.05) is 19.2 Å². The van der Waals surface area contributed by atoms with Gasteiger partial charge in [-0.25, -0.2) is 12.8 Å². The van der Waals surface area contributed by atoms with E-state index in [1.807, 2.05) is 49.4 Å². The van der Waals surface area contributed by atoms with E-state index in [0.29, 0.717) is 31.7 Å². The van der Waals surface area contributed by atoms with Gasteiger partial charge in [0.05, 0.1) is 52.7 Å². The van der Waals surface area contributed by atoms with Crippen molar-refractivity contribution in [3.63, 3.8) is 0 Å². The van der Waals surface area contributed by atoms with Crippen molar-refractivity contribution in [3.05, 3.63) is 95.8 Å². The fraction of sp³-hybridized carbons (Fsp3) is 0.390. The summed E-state index contributed by atoms with van der Waals surface area (Å²) in [4.78, 5) is 39.8. The first-order valence-electron chi connectivity index (χ1n) is 18.7. The number of hydrogen-bond acceptors (Lipinski definition) is 10. The summed E-state index contributed by atoms with van der Waals surface area (Å²) in [5.41, 5.74) is -7.68. The van der Waals surface area contributed by atoms with E-state index in [1.54, 1.807) is 0 Å². The van der Waals surface area contributed by atoms with Gasteiger partial charge in [-0.2, -0.15) is 13.2 Å². The summed E-state index contributed by atoms with van der Waals surface area (Å²) in [6, 6.07) is 18.1. The van der Waals surface area contributed by atoms with E-state index < -0.39 is 73.0 Å². The van der Waals surface area contributed by atoms with Gasteiger partial charge in [0.25, 0.3) is 15.7 Å². The van der Waals surface area contributed by atoms with Crippen LogP contribution >= 0.6 is 0 Å². The molecule has 7 rings (SSSR count). The molecule has 0 spiro atoms. The minimum Gasteiger partial charge on any atom is -0.496 e. The second kappa shape index (κ2) is 16.1. The van der Waals surface area contributed by atoms with Gasteiger partial charge in [-0.3, -0.25) is 14.4 Å². The number of alkyl halides is 3. The first kappa shape index (κ1) is 41.9. The molecule has 3 aliphatic rings. The van der Waals surface area contributed by atoms with Crippen LogP contribution in [0.4, 0.5) is 23.2 Å². The first-order chi connectivity index (χ1) is 27.9. The highest BCUT2D eigenvalue weighted by molar-refractivity contribution is 7.92. The number of hydrogen-bond donors (Lipinski definition) is 2. The number of carbonyl (C=O) groups excluding carboxylic acids is 3. The van der Waals surface area contributed by atoms with Crippen molar-refractivity contribution in [2.45, 2.75) is 79.8 Å². The number of amides is 2. The zero-order chi connectivity index (χ0) is 42.3. The van der Waals surface area contributed by atoms with E-state index >= 15 is 4.39 Å². The highest BCUT2D eigenvalue weighted by atomic mass is 32.2. The maximum absolute atomic E-state index is 15.5. The second-order valence-electron chi connectivity index (χ2n) is 15.1. The number of halogens is 4. The lowest BCUT2D eigenvalue weighted by Gasteiger charge is -2.35. The van der Waals surface area contributed by atoms with Gasteiger partial charge in [-0.1, -0.05) is 48.5 Å². The summed E-state index contributed by atoms with van der Waals surface area (Å²) in [7, 11) is 2.06. The molecule has 4 aromatic rings. The van der Waals surface area contributed by atoms with Crippen molar-refractivity contribution in [3.8, 4) is 11.5 Å². The molecule has 4 atom stereocenters. The van der Waals surface area contributed by atoms with Crippen molar-refractivity contribution in [1.82, 2.24) is 5.32 Å². The van der Waals surface area contributed by atoms with Gasteiger partial charge in [-0.05, 0) is 79.6 Å². The monoisotopic (exact) mass is 838 g/mol. The Hall–Kier alpha value is -5.20. The van der Waals surface area contributed by atoms with Gasteiger partial charge in [-0.15, -0.1) is 0 Å². The molecule has 1 saturated heterocycles. The lowest BCUT2D eigenvalue weighted by molar-refractivity contribution is -0.159. The number of methoxy groups -OCH3 is 1. The molecule has 4 aromatic carbocycles. The molecule has 2 aliphatic carbocycles. The molecule has 2 N–H and O–H groups in total. The van der Waals surface area contributed by atoms with Crippen LogP contribution in [0.2, 0.25) is 0 Å². The Bertz CT molecular complexity index is 2390. The number of ether oxygens (including phenoxy) is 5. The maximum atomic E-state index is 15.5. The Morgan fingerprint density at radius 1 is 0.966 bits per heavy atom. The molecule has 0 aromatic heterocycles. The van der Waals surface area contributed by atoms with Crippen LogP contribution < -0.4 is 20.1 Å². The molecule has 0 unspecified atom stereocenters. The normalized spacial score (nSPS) is 25.5. The van der Waals surface area contributed by atoms with E-state index in [4.69, 9.17) is 31.5 Å². The van der Waals surface area contributed by atoms with Crippen LogP contribution in [-0.4, -0.2) is 77.2 Å². The summed E-state index contributed by atoms with van der Waals surface area (Å²) in [6.45, 7) is 1.67. The summed E-state index contributed by atoms with van der Waals surface area (Å²) in [6.07, 6.45) is 0.0366. The van der Waals surface area contributed by atoms with Crippen LogP contribution in [0.3, 0.4) is 0 Å². The first-order valence-corrected chi connectivity index (χ1v) is 20.2. The molecule has 0 bridgehead atoms. The molecular formula is C41H39BF4N2O10S. The smallest absolute Gasteiger partial charge is 0.496 e. The topological polar surface area (TPSA) is 156 Å². The second-order valence-corrected chi connectivity index (χ2v) is 17.0. The third kappa shape index (κ3) is 8.22. The largest absolute Gasteiger partial charge is 0.501 e. The average molecular weight is 839 g/mol. The van der Waals surface area contributed by atoms with Crippen molar-refractivity contribution in [1.29, 1.82) is 0 Å². The molecule has 310 valence electrons. The fourth-order valence-corrected chi connectivity index (χ4v) is 8.71. The number of sulfone groups is 1. The molecule has 1 aliphatic heterocycles. The molecule has 59 heavy (non-hydrogen) atoms. The number of nitrogens with one attached hydrogen (secondary N) is 2. The van der Waals surface area contributed by atoms with E-state index in [-0.39, 0.29) is 48.5 Å². The van der Waals surface area contributed by atoms with Crippen LogP contribution in [0.25, 0.3) is 10.8 Å². The quantitative estimate of drug-likeness (QED) is 0.0993. The fourth-order valence-electron chi connectivity index (χ4n) is 7.90. The van der Waals surface area contributed by atoms with Gasteiger partial charge in [0, 0.05) is 11.8 Å². The van der Waals surface area contributed by atoms with Gasteiger partial charge in [0.15, 0.2) is 11.6 Å². The average Bonchev–Trinajstić information content (AvgIpc) is 3.71. The van der Waals surface area contributed by atoms with E-state index in [0.717, 1.165) is 40.6 Å². The Morgan fingerprint density at radius 2 is 1.68 bits per heavy atom. The Labute approximate surface area is 338 Å². The standard InChI is InChI=1S/C41H39BF4N2O10S/c1-39(38(51)55-21-24-9-5-8-23-7-3-4-12-28(23)24)15-13-26(14-16-39)58-33-18-29(32(54-2)20-31(33)43)36(49)48-35-30(19-34-40(35,42)57-22-56-34)37(50)47-25-10-6-11-27(17-25)59(52,53)41(44,45)46/h3-12,17-18,20,26,30,34-35H,13-16,19,21-22H2,1-2H3,(H,47,50)(H,48,49)/t26?,30-,34-,35-,39?,40-/m0/s1. The molecule has 12 nitrogen and oxygen atoms in total. The Kier molecular flexibility index (Phi) is 11.5. The maximum Gasteiger partial charge on any atom is 0.501 e. The van der Waals surface area contributed by atoms with Crippen LogP contribution in [0, 0.1) is 17.2 Å². The van der Waals surface area contributed by atoms with E-state index in [2.05, 4.69) is 10.6 Å². The van der Waals surface area contributed by atoms with Crippen molar-refractivity contribution in [2.24, 2.45) is 11.3 Å². The Morgan fingerprint density at radius 3 is 2.41 bits per heavy atom. The number of fused-ring (bicyclic) bond motifs is 2. The number of anilines is 1. The summed E-state index contributed by atoms with van der Waals surface area (Å²) in [5.74, 6) is -4.51. The van der Waals surface area contributed by atoms with Crippen LogP contribution in [0.5, 0.6) is 11.5 Å². The van der Waals surface area contributed by atoms with E-state index in [9.17, 15) is 36.0 Å². The molecule has 3 fully saturated rings. The molecule has 2 saturated carbocycles. The highest BCUT2D eigenvalue weighted by Crippen LogP contribution is 2.44. The number of carbonyl (C=O) groups is 3. The SMILES string of the molecule is [B][C@]12OCO[C@H]1C[C@H](C(=O)Nc1cccc(S(=O)(=O)C(F)(F)F)c1)[C@@H]2NC(=O)c1cc(OC2CCC(C)(C(=O)OCc3cccc4ccccc34)CC2)c(F)cc1OC. The lowest BCUT2D eigenvalue weighted by Crippen LogP contribution is -2.57. The van der Waals surface area contributed by atoms with Gasteiger partial charge in [0.1, 0.15) is 27.0 Å². The lowest BCUT2D eigenvalue weighted by atomic mass is 9.74. The molecule has 2 amide bonds. The number of benzene rings is 4. The predicted molar refractivity (Wildman–Crippen MR) is 205 cm³/mol. The molecule has 18 heteroatoms. The highest BCUT2D eigenvalue weighted by Gasteiger charge is 2.59. The van der Waals surface area contributed by atoms with Gasteiger partial charge in [0.2, 0.25) is 5.91 Å². The third-order valence-corrected chi connectivity index (χ3v) is 12.8. The summed E-state index contributed by atoms with van der Waals surface area (Å²) >= 11 is 0. The number of esters is 1. The van der Waals surface area contributed by atoms with Crippen LogP contribution in [0.15, 0.2) is 83.8 Å². The van der Waals surface area contributed by atoms with Crippen LogP contribution in [0.1, 0.15) is 54.9 Å². The molecule has 1 heterocycles.